The Morgan fingerprint density at radius 3 is 3.00 bits per heavy atom. The molecule has 1 heterocycles. The Labute approximate surface area is 63.7 Å². The molecule has 2 N–H and O–H groups in total. The summed E-state index contributed by atoms with van der Waals surface area (Å²) >= 11 is 0. The molecule has 2 nitrogen and oxygen atoms in total. The summed E-state index contributed by atoms with van der Waals surface area (Å²) in [6.07, 6.45) is 0. The van der Waals surface area contributed by atoms with Gasteiger partial charge in [0.2, 0.25) is 0 Å². The van der Waals surface area contributed by atoms with E-state index in [1.807, 2.05) is 0 Å². The zero-order chi connectivity index (χ0) is 7.84. The Morgan fingerprint density at radius 2 is 2.18 bits per heavy atom. The molecule has 0 saturated carbocycles. The van der Waals surface area contributed by atoms with Crippen LogP contribution in [0.1, 0.15) is 11.1 Å². The molecule has 2 rings (SSSR count). The van der Waals surface area contributed by atoms with Gasteiger partial charge in [0, 0.05) is 18.7 Å². The number of rotatable bonds is 0. The van der Waals surface area contributed by atoms with E-state index in [-0.39, 0.29) is 5.75 Å². The van der Waals surface area contributed by atoms with Crippen LogP contribution in [0.5, 0.6) is 5.75 Å². The van der Waals surface area contributed by atoms with Crippen LogP contribution in [0.3, 0.4) is 0 Å². The fraction of sp³-hybridized carbons (Fsp3) is 0.250. The zero-order valence-corrected chi connectivity index (χ0v) is 5.89. The SMILES string of the molecule is Oc1ccc2c(c1F)CNC2. The van der Waals surface area contributed by atoms with Crippen molar-refractivity contribution < 1.29 is 9.50 Å². The molecule has 0 atom stereocenters. The molecular formula is C8H8FNO. The predicted octanol–water partition coefficient (Wildman–Crippen LogP) is 1.13. The van der Waals surface area contributed by atoms with E-state index in [0.717, 1.165) is 5.56 Å². The van der Waals surface area contributed by atoms with E-state index in [1.165, 1.54) is 6.07 Å². The van der Waals surface area contributed by atoms with Gasteiger partial charge in [-0.15, -0.1) is 0 Å². The highest BCUT2D eigenvalue weighted by atomic mass is 19.1. The Hall–Kier alpha value is -1.09. The molecule has 1 aromatic rings. The van der Waals surface area contributed by atoms with Crippen molar-refractivity contribution in [3.05, 3.63) is 29.1 Å². The molecule has 0 aromatic heterocycles. The summed E-state index contributed by atoms with van der Waals surface area (Å²) < 4.78 is 13.0. The average Bonchev–Trinajstić information content (AvgIpc) is 2.45. The molecule has 0 aliphatic carbocycles. The van der Waals surface area contributed by atoms with Gasteiger partial charge in [-0.2, -0.15) is 0 Å². The van der Waals surface area contributed by atoms with Gasteiger partial charge in [0.05, 0.1) is 0 Å². The summed E-state index contributed by atoms with van der Waals surface area (Å²) in [6, 6.07) is 3.13. The van der Waals surface area contributed by atoms with E-state index >= 15 is 0 Å². The molecule has 58 valence electrons. The van der Waals surface area contributed by atoms with Crippen LogP contribution < -0.4 is 5.32 Å². The fourth-order valence-corrected chi connectivity index (χ4v) is 1.33. The van der Waals surface area contributed by atoms with Gasteiger partial charge < -0.3 is 10.4 Å². The van der Waals surface area contributed by atoms with E-state index in [2.05, 4.69) is 5.32 Å². The summed E-state index contributed by atoms with van der Waals surface area (Å²) in [6.45, 7) is 1.22. The molecule has 0 unspecified atom stereocenters. The smallest absolute Gasteiger partial charge is 0.169 e. The number of hydrogen-bond acceptors (Lipinski definition) is 2. The van der Waals surface area contributed by atoms with Gasteiger partial charge in [-0.3, -0.25) is 0 Å². The van der Waals surface area contributed by atoms with E-state index in [4.69, 9.17) is 5.11 Å². The molecular weight excluding hydrogens is 145 g/mol. The third-order valence-electron chi connectivity index (χ3n) is 1.94. The molecule has 0 fully saturated rings. The number of aromatic hydroxyl groups is 1. The second-order valence-electron chi connectivity index (χ2n) is 2.64. The molecule has 0 saturated heterocycles. The quantitative estimate of drug-likeness (QED) is 0.585. The second-order valence-corrected chi connectivity index (χ2v) is 2.64. The lowest BCUT2D eigenvalue weighted by Gasteiger charge is -2.00. The molecule has 0 bridgehead atoms. The van der Waals surface area contributed by atoms with Crippen molar-refractivity contribution in [1.82, 2.24) is 5.32 Å². The summed E-state index contributed by atoms with van der Waals surface area (Å²) in [4.78, 5) is 0. The van der Waals surface area contributed by atoms with Crippen LogP contribution in [0, 0.1) is 5.82 Å². The minimum atomic E-state index is -0.479. The first kappa shape index (κ1) is 6.61. The lowest BCUT2D eigenvalue weighted by Crippen LogP contribution is -2.00. The van der Waals surface area contributed by atoms with E-state index in [1.54, 1.807) is 6.07 Å². The maximum Gasteiger partial charge on any atom is 0.169 e. The first-order valence-corrected chi connectivity index (χ1v) is 3.49. The van der Waals surface area contributed by atoms with Crippen molar-refractivity contribution in [3.63, 3.8) is 0 Å². The maximum absolute atomic E-state index is 13.0. The number of hydrogen-bond donors (Lipinski definition) is 2. The van der Waals surface area contributed by atoms with Crippen LogP contribution in [0.4, 0.5) is 4.39 Å². The van der Waals surface area contributed by atoms with Crippen LogP contribution in [-0.4, -0.2) is 5.11 Å². The molecule has 1 aliphatic rings. The number of benzene rings is 1. The van der Waals surface area contributed by atoms with Gasteiger partial charge in [-0.05, 0) is 11.6 Å². The van der Waals surface area contributed by atoms with Crippen LogP contribution in [0.2, 0.25) is 0 Å². The molecule has 0 spiro atoms. The molecule has 1 aliphatic heterocycles. The monoisotopic (exact) mass is 153 g/mol. The van der Waals surface area contributed by atoms with Gasteiger partial charge in [-0.1, -0.05) is 6.07 Å². The number of halogens is 1. The highest BCUT2D eigenvalue weighted by molar-refractivity contribution is 5.38. The predicted molar refractivity (Wildman–Crippen MR) is 38.6 cm³/mol. The highest BCUT2D eigenvalue weighted by Crippen LogP contribution is 2.25. The Morgan fingerprint density at radius 1 is 1.36 bits per heavy atom. The van der Waals surface area contributed by atoms with Crippen LogP contribution in [0.25, 0.3) is 0 Å². The first-order chi connectivity index (χ1) is 5.29. The van der Waals surface area contributed by atoms with Crippen molar-refractivity contribution in [2.75, 3.05) is 0 Å². The zero-order valence-electron chi connectivity index (χ0n) is 5.89. The summed E-state index contributed by atoms with van der Waals surface area (Å²) in [5, 5.41) is 12.0. The number of fused-ring (bicyclic) bond motifs is 1. The number of phenolic OH excluding ortho intramolecular Hbond substituents is 1. The van der Waals surface area contributed by atoms with E-state index < -0.39 is 5.82 Å². The number of nitrogens with one attached hydrogen (secondary N) is 1. The first-order valence-electron chi connectivity index (χ1n) is 3.49. The Kier molecular flexibility index (Phi) is 1.32. The maximum atomic E-state index is 13.0. The van der Waals surface area contributed by atoms with Crippen molar-refractivity contribution in [2.24, 2.45) is 0 Å². The fourth-order valence-electron chi connectivity index (χ4n) is 1.33. The summed E-state index contributed by atoms with van der Waals surface area (Å²) in [5.74, 6) is -0.736. The van der Waals surface area contributed by atoms with E-state index in [0.29, 0.717) is 18.7 Å². The average molecular weight is 153 g/mol. The third kappa shape index (κ3) is 0.886. The van der Waals surface area contributed by atoms with Gasteiger partial charge in [0.1, 0.15) is 0 Å². The Bertz CT molecular complexity index is 298. The van der Waals surface area contributed by atoms with Crippen LogP contribution >= 0.6 is 0 Å². The minimum Gasteiger partial charge on any atom is -0.505 e. The molecule has 11 heavy (non-hydrogen) atoms. The van der Waals surface area contributed by atoms with Crippen LogP contribution in [-0.2, 0) is 13.1 Å². The van der Waals surface area contributed by atoms with Crippen LogP contribution in [0.15, 0.2) is 12.1 Å². The van der Waals surface area contributed by atoms with Crippen molar-refractivity contribution in [2.45, 2.75) is 13.1 Å². The Balaban J connectivity index is 2.62. The summed E-state index contributed by atoms with van der Waals surface area (Å²) in [7, 11) is 0. The molecule has 3 heteroatoms. The summed E-state index contributed by atoms with van der Waals surface area (Å²) in [5.41, 5.74) is 1.55. The normalized spacial score (nSPS) is 15.0. The van der Waals surface area contributed by atoms with Gasteiger partial charge in [-0.25, -0.2) is 4.39 Å². The van der Waals surface area contributed by atoms with Gasteiger partial charge in [0.25, 0.3) is 0 Å². The minimum absolute atomic E-state index is 0.257. The van der Waals surface area contributed by atoms with Crippen molar-refractivity contribution in [1.29, 1.82) is 0 Å². The van der Waals surface area contributed by atoms with Gasteiger partial charge in [0.15, 0.2) is 11.6 Å². The third-order valence-corrected chi connectivity index (χ3v) is 1.94. The topological polar surface area (TPSA) is 32.3 Å². The number of phenols is 1. The molecule has 0 radical (unpaired) electrons. The van der Waals surface area contributed by atoms with E-state index in [9.17, 15) is 4.39 Å². The lowest BCUT2D eigenvalue weighted by atomic mass is 10.1. The highest BCUT2D eigenvalue weighted by Gasteiger charge is 2.16. The molecule has 1 aromatic carbocycles. The van der Waals surface area contributed by atoms with Crippen molar-refractivity contribution in [3.8, 4) is 5.75 Å². The standard InChI is InChI=1S/C8H8FNO/c9-8-6-4-10-3-5(6)1-2-7(8)11/h1-2,10-11H,3-4H2. The largest absolute Gasteiger partial charge is 0.505 e. The van der Waals surface area contributed by atoms with Crippen molar-refractivity contribution >= 4 is 0 Å². The lowest BCUT2D eigenvalue weighted by molar-refractivity contribution is 0.429. The second kappa shape index (κ2) is 2.20. The van der Waals surface area contributed by atoms with Gasteiger partial charge >= 0.3 is 0 Å². The molecule has 0 amide bonds.